The van der Waals surface area contributed by atoms with Crippen LogP contribution in [-0.4, -0.2) is 3.67 Å². The number of rotatable bonds is 1. The molecule has 0 aliphatic heterocycles. The molecule has 0 aromatic heterocycles. The van der Waals surface area contributed by atoms with E-state index in [9.17, 15) is 0 Å². The van der Waals surface area contributed by atoms with Gasteiger partial charge in [0.05, 0.1) is 0 Å². The molecule has 0 amide bonds. The van der Waals surface area contributed by atoms with Crippen LogP contribution < -0.4 is 0 Å². The summed E-state index contributed by atoms with van der Waals surface area (Å²) in [7, 11) is 4.73. The summed E-state index contributed by atoms with van der Waals surface area (Å²) >= 11 is -1.12. The van der Waals surface area contributed by atoms with E-state index in [-0.39, 0.29) is 0 Å². The third-order valence-electron chi connectivity index (χ3n) is 0.0488. The first kappa shape index (κ1) is 5.31. The first-order valence-corrected chi connectivity index (χ1v) is 3.67. The van der Waals surface area contributed by atoms with E-state index in [1.165, 1.54) is 0 Å². The second-order valence-electron chi connectivity index (χ2n) is 0.263. The first-order chi connectivity index (χ1) is 2.27. The quantitative estimate of drug-likeness (QED) is 0.335. The molecule has 0 bridgehead atoms. The second-order valence-corrected chi connectivity index (χ2v) is 1.90. The number of hydrogen-bond acceptors (Lipinski definition) is 2. The van der Waals surface area contributed by atoms with Crippen molar-refractivity contribution in [2.24, 2.45) is 0 Å². The Balaban J connectivity index is 2.85. The van der Waals surface area contributed by atoms with Gasteiger partial charge in [-0.15, -0.1) is 0 Å². The molecule has 5 heteroatoms. The summed E-state index contributed by atoms with van der Waals surface area (Å²) < 4.78 is -0.520. The minimum absolute atomic E-state index is 0.520. The molecule has 0 saturated carbocycles. The van der Waals surface area contributed by atoms with Crippen molar-refractivity contribution in [2.75, 3.05) is 0 Å². The van der Waals surface area contributed by atoms with Crippen LogP contribution in [0.15, 0.2) is 0 Å². The van der Waals surface area contributed by atoms with Crippen LogP contribution in [0, 0.1) is 10.1 Å². The molecule has 3 nitrogen and oxygen atoms in total. The standard InChI is InChI=1S/ClH.NO2.Ru/c;2-1-3;/h1H;;/q;;+1/p-1. The molecule has 5 heavy (non-hydrogen) atoms. The Labute approximate surface area is 40.4 Å². The molecule has 0 radical (unpaired) electrons. The molecule has 0 aromatic carbocycles. The van der Waals surface area contributed by atoms with Crippen LogP contribution in [0.25, 0.3) is 0 Å². The van der Waals surface area contributed by atoms with Crippen molar-refractivity contribution < 1.29 is 20.0 Å². The Kier molecular flexibility index (Phi) is 2.70. The Hall–Kier alpha value is 0.313. The van der Waals surface area contributed by atoms with Crippen LogP contribution in [0.1, 0.15) is 0 Å². The predicted octanol–water partition coefficient (Wildman–Crippen LogP) is 0.414. The van der Waals surface area contributed by atoms with Gasteiger partial charge in [-0.2, -0.15) is 0 Å². The van der Waals surface area contributed by atoms with Gasteiger partial charge >= 0.3 is 39.8 Å². The van der Waals surface area contributed by atoms with E-state index in [4.69, 9.17) is 19.8 Å². The first-order valence-electron chi connectivity index (χ1n) is 0.657. The van der Waals surface area contributed by atoms with Gasteiger partial charge in [-0.3, -0.25) is 0 Å². The number of nitrogens with zero attached hydrogens (tertiary/aromatic N) is 1. The summed E-state index contributed by atoms with van der Waals surface area (Å²) in [6.07, 6.45) is 0. The van der Waals surface area contributed by atoms with Crippen molar-refractivity contribution in [1.82, 2.24) is 0 Å². The zero-order chi connectivity index (χ0) is 4.28. The third kappa shape index (κ3) is 4.31. The summed E-state index contributed by atoms with van der Waals surface area (Å²) in [5.74, 6) is 0. The maximum atomic E-state index is 9.08. The Bertz CT molecular complexity index is 44.9. The average Bonchev–Trinajstić information content (AvgIpc) is 1.38. The summed E-state index contributed by atoms with van der Waals surface area (Å²) in [5.41, 5.74) is 0. The Morgan fingerprint density at radius 3 is 2.20 bits per heavy atom. The van der Waals surface area contributed by atoms with Gasteiger partial charge in [-0.1, -0.05) is 0 Å². The maximum absolute atomic E-state index is 9.08. The van der Waals surface area contributed by atoms with E-state index in [2.05, 4.69) is 0 Å². The van der Waals surface area contributed by atoms with Gasteiger partial charge in [-0.05, 0) is 0 Å². The molecule has 0 fully saturated rings. The molecule has 0 aliphatic rings. The molecule has 0 N–H and O–H groups in total. The minimum atomic E-state index is -1.12. The van der Waals surface area contributed by atoms with Crippen LogP contribution in [0.4, 0.5) is 0 Å². The Morgan fingerprint density at radius 1 is 2.00 bits per heavy atom. The summed E-state index contributed by atoms with van der Waals surface area (Å²) in [5, 5.41) is 9.08. The SMILES string of the molecule is O=[N+]([O-])[Ru][Cl]. The molecule has 0 rings (SSSR count). The summed E-state index contributed by atoms with van der Waals surface area (Å²) in [6.45, 7) is 0. The van der Waals surface area contributed by atoms with E-state index < -0.39 is 20.0 Å². The van der Waals surface area contributed by atoms with Crippen molar-refractivity contribution in [3.8, 4) is 0 Å². The van der Waals surface area contributed by atoms with Gasteiger partial charge in [0.2, 0.25) is 0 Å². The summed E-state index contributed by atoms with van der Waals surface area (Å²) in [6, 6.07) is 0. The van der Waals surface area contributed by atoms with Crippen LogP contribution in [0.5, 0.6) is 0 Å². The monoisotopic (exact) mass is 183 g/mol. The number of nitro groups is 1. The van der Waals surface area contributed by atoms with Crippen molar-refractivity contribution in [2.45, 2.75) is 0 Å². The van der Waals surface area contributed by atoms with Gasteiger partial charge in [0.25, 0.3) is 0 Å². The van der Waals surface area contributed by atoms with Gasteiger partial charge in [-0.25, -0.2) is 0 Å². The van der Waals surface area contributed by atoms with Gasteiger partial charge in [0.15, 0.2) is 0 Å². The molecule has 0 unspecified atom stereocenters. The third-order valence-corrected chi connectivity index (χ3v) is 0.866. The van der Waals surface area contributed by atoms with E-state index in [0.29, 0.717) is 0 Å². The van der Waals surface area contributed by atoms with E-state index in [1.54, 1.807) is 0 Å². The average molecular weight is 183 g/mol. The molecule has 0 aliphatic carbocycles. The normalized spacial score (nSPS) is 8.20. The van der Waals surface area contributed by atoms with Crippen molar-refractivity contribution in [3.63, 3.8) is 0 Å². The van der Waals surface area contributed by atoms with Crippen LogP contribution in [-0.2, 0) is 16.4 Å². The fourth-order valence-corrected chi connectivity index (χ4v) is 0. The van der Waals surface area contributed by atoms with Crippen LogP contribution in [0.3, 0.4) is 0 Å². The van der Waals surface area contributed by atoms with Crippen LogP contribution >= 0.6 is 9.69 Å². The van der Waals surface area contributed by atoms with Crippen molar-refractivity contribution in [3.05, 3.63) is 10.1 Å². The van der Waals surface area contributed by atoms with E-state index >= 15 is 0 Å². The zero-order valence-corrected chi connectivity index (χ0v) is 4.49. The molecular formula is ClNO2Ru. The molecule has 0 atom stereocenters. The number of hydrogen-bond donors (Lipinski definition) is 0. The molecule has 0 spiro atoms. The van der Waals surface area contributed by atoms with Gasteiger partial charge in [0.1, 0.15) is 0 Å². The second kappa shape index (κ2) is 2.55. The van der Waals surface area contributed by atoms with E-state index in [1.807, 2.05) is 0 Å². The molecule has 0 saturated heterocycles. The van der Waals surface area contributed by atoms with Gasteiger partial charge < -0.3 is 0 Å². The van der Waals surface area contributed by atoms with Gasteiger partial charge in [0, 0.05) is 0 Å². The fraction of sp³-hybridized carbons (Fsp3) is 0. The predicted molar refractivity (Wildman–Crippen MR) is 12.8 cm³/mol. The molecule has 0 heterocycles. The number of halogens is 1. The van der Waals surface area contributed by atoms with Crippen LogP contribution in [0.2, 0.25) is 0 Å². The van der Waals surface area contributed by atoms with E-state index in [0.717, 1.165) is 0 Å². The molecular weight excluding hydrogens is 183 g/mol. The molecule has 0 aromatic rings. The summed E-state index contributed by atoms with van der Waals surface area (Å²) in [4.78, 5) is 9.08. The molecule has 32 valence electrons. The zero-order valence-electron chi connectivity index (χ0n) is 2.00. The van der Waals surface area contributed by atoms with Crippen molar-refractivity contribution in [1.29, 1.82) is 0 Å². The van der Waals surface area contributed by atoms with Crippen molar-refractivity contribution >= 4 is 9.69 Å². The topological polar surface area (TPSA) is 43.1 Å². The Morgan fingerprint density at radius 2 is 2.20 bits per heavy atom. The fourth-order valence-electron chi connectivity index (χ4n) is 0.